The zero-order valence-electron chi connectivity index (χ0n) is 20.4. The number of hydrogen-bond acceptors (Lipinski definition) is 9. The topological polar surface area (TPSA) is 135 Å². The number of pyridine rings is 1. The number of aryl methyl sites for hydroxylation is 1. The number of nitrogens with zero attached hydrogens (tertiary/aromatic N) is 1. The number of carbonyl (C=O) groups excluding carboxylic acids is 2. The lowest BCUT2D eigenvalue weighted by Crippen LogP contribution is -2.14. The van der Waals surface area contributed by atoms with E-state index < -0.39 is 29.5 Å². The molecule has 3 N–H and O–H groups in total. The standard InChI is InChI=1S/C27H27NO8/c1-13-24(31)22-15(11-28-13)12-36-27(22)19-9-17(14(2)29)25(32)23(26(19)33)18(10-21(30)35-4)16-7-5-6-8-20(16)34-3/h5-9,11,18,27,31-33H,10,12H2,1-4H3. The van der Waals surface area contributed by atoms with Crippen molar-refractivity contribution >= 4 is 11.8 Å². The van der Waals surface area contributed by atoms with E-state index in [9.17, 15) is 24.9 Å². The number of ether oxygens (including phenoxy) is 3. The van der Waals surface area contributed by atoms with Crippen LogP contribution in [0, 0.1) is 6.92 Å². The number of fused-ring (bicyclic) bond motifs is 1. The molecule has 9 nitrogen and oxygen atoms in total. The van der Waals surface area contributed by atoms with E-state index in [2.05, 4.69) is 4.98 Å². The van der Waals surface area contributed by atoms with Crippen LogP contribution < -0.4 is 4.74 Å². The number of esters is 1. The minimum Gasteiger partial charge on any atom is -0.507 e. The molecule has 0 bridgehead atoms. The van der Waals surface area contributed by atoms with Crippen LogP contribution in [0.25, 0.3) is 0 Å². The van der Waals surface area contributed by atoms with Gasteiger partial charge in [0, 0.05) is 39.9 Å². The van der Waals surface area contributed by atoms with Gasteiger partial charge in [0.25, 0.3) is 0 Å². The van der Waals surface area contributed by atoms with Crippen LogP contribution in [0.1, 0.15) is 69.2 Å². The van der Waals surface area contributed by atoms with Gasteiger partial charge in [-0.1, -0.05) is 18.2 Å². The van der Waals surface area contributed by atoms with Gasteiger partial charge in [0.1, 0.15) is 29.1 Å². The van der Waals surface area contributed by atoms with Crippen LogP contribution >= 0.6 is 0 Å². The second kappa shape index (κ2) is 9.87. The number of para-hydroxylation sites is 1. The average Bonchev–Trinajstić information content (AvgIpc) is 3.30. The highest BCUT2D eigenvalue weighted by Gasteiger charge is 2.36. The molecule has 1 aromatic heterocycles. The van der Waals surface area contributed by atoms with Crippen molar-refractivity contribution in [2.75, 3.05) is 14.2 Å². The highest BCUT2D eigenvalue weighted by molar-refractivity contribution is 5.98. The van der Waals surface area contributed by atoms with Crippen molar-refractivity contribution in [1.29, 1.82) is 0 Å². The predicted molar refractivity (Wildman–Crippen MR) is 129 cm³/mol. The third kappa shape index (κ3) is 4.22. The molecule has 0 saturated heterocycles. The molecule has 3 aromatic rings. The zero-order valence-corrected chi connectivity index (χ0v) is 20.4. The van der Waals surface area contributed by atoms with Crippen molar-refractivity contribution in [2.45, 2.75) is 38.9 Å². The van der Waals surface area contributed by atoms with Crippen LogP contribution in [0.4, 0.5) is 0 Å². The van der Waals surface area contributed by atoms with Crippen molar-refractivity contribution < 1.29 is 39.1 Å². The first kappa shape index (κ1) is 25.0. The Hall–Kier alpha value is -4.11. The quantitative estimate of drug-likeness (QED) is 0.329. The highest BCUT2D eigenvalue weighted by atomic mass is 16.5. The van der Waals surface area contributed by atoms with Gasteiger partial charge in [0.15, 0.2) is 5.78 Å². The van der Waals surface area contributed by atoms with Crippen molar-refractivity contribution in [2.24, 2.45) is 0 Å². The van der Waals surface area contributed by atoms with Gasteiger partial charge in [-0.3, -0.25) is 14.6 Å². The van der Waals surface area contributed by atoms with E-state index in [4.69, 9.17) is 14.2 Å². The van der Waals surface area contributed by atoms with Crippen LogP contribution in [0.15, 0.2) is 36.5 Å². The summed E-state index contributed by atoms with van der Waals surface area (Å²) in [5, 5.41) is 33.5. The van der Waals surface area contributed by atoms with Gasteiger partial charge >= 0.3 is 5.97 Å². The number of methoxy groups -OCH3 is 2. The molecule has 2 unspecified atom stereocenters. The Morgan fingerprint density at radius 1 is 1.14 bits per heavy atom. The van der Waals surface area contributed by atoms with E-state index >= 15 is 0 Å². The van der Waals surface area contributed by atoms with Gasteiger partial charge in [-0.2, -0.15) is 0 Å². The number of phenols is 2. The number of carbonyl (C=O) groups is 2. The molecular weight excluding hydrogens is 466 g/mol. The summed E-state index contributed by atoms with van der Waals surface area (Å²) in [6.07, 6.45) is 0.397. The van der Waals surface area contributed by atoms with Crippen LogP contribution in [0.3, 0.4) is 0 Å². The molecule has 36 heavy (non-hydrogen) atoms. The fourth-order valence-corrected chi connectivity index (χ4v) is 4.64. The summed E-state index contributed by atoms with van der Waals surface area (Å²) < 4.78 is 16.3. The molecule has 0 spiro atoms. The van der Waals surface area contributed by atoms with Gasteiger partial charge in [0.2, 0.25) is 0 Å². The van der Waals surface area contributed by atoms with Gasteiger partial charge in [-0.05, 0) is 26.0 Å². The summed E-state index contributed by atoms with van der Waals surface area (Å²) in [4.78, 5) is 29.2. The second-order valence-electron chi connectivity index (χ2n) is 8.58. The molecule has 0 fully saturated rings. The first-order valence-corrected chi connectivity index (χ1v) is 11.3. The second-order valence-corrected chi connectivity index (χ2v) is 8.58. The molecule has 0 aliphatic carbocycles. The van der Waals surface area contributed by atoms with Gasteiger partial charge in [0.05, 0.1) is 38.5 Å². The molecule has 2 aromatic carbocycles. The Labute approximate surface area is 207 Å². The number of Topliss-reactive ketones (excluding diaryl/α,β-unsaturated/α-hetero) is 1. The van der Waals surface area contributed by atoms with Crippen molar-refractivity contribution in [1.82, 2.24) is 4.98 Å². The predicted octanol–water partition coefficient (Wildman–Crippen LogP) is 4.03. The summed E-state index contributed by atoms with van der Waals surface area (Å²) in [7, 11) is 2.70. The molecule has 9 heteroatoms. The van der Waals surface area contributed by atoms with E-state index in [-0.39, 0.29) is 41.2 Å². The Kier molecular flexibility index (Phi) is 6.85. The molecule has 188 valence electrons. The van der Waals surface area contributed by atoms with Gasteiger partial charge < -0.3 is 29.5 Å². The first-order chi connectivity index (χ1) is 17.2. The van der Waals surface area contributed by atoms with Crippen LogP contribution in [-0.2, 0) is 20.9 Å². The van der Waals surface area contributed by atoms with Crippen molar-refractivity contribution in [3.05, 3.63) is 75.6 Å². The monoisotopic (exact) mass is 493 g/mol. The van der Waals surface area contributed by atoms with E-state index in [1.54, 1.807) is 37.4 Å². The summed E-state index contributed by atoms with van der Waals surface area (Å²) in [5.74, 6) is -2.48. The lowest BCUT2D eigenvalue weighted by atomic mass is 9.82. The molecule has 0 radical (unpaired) electrons. The Bertz CT molecular complexity index is 1350. The maximum absolute atomic E-state index is 12.6. The normalized spacial score (nSPS) is 15.3. The molecule has 4 rings (SSSR count). The molecule has 2 heterocycles. The van der Waals surface area contributed by atoms with E-state index in [1.165, 1.54) is 27.2 Å². The Morgan fingerprint density at radius 3 is 2.53 bits per heavy atom. The minimum atomic E-state index is -0.935. The van der Waals surface area contributed by atoms with E-state index in [1.807, 2.05) is 0 Å². The lowest BCUT2D eigenvalue weighted by Gasteiger charge is -2.25. The van der Waals surface area contributed by atoms with Gasteiger partial charge in [-0.15, -0.1) is 0 Å². The van der Waals surface area contributed by atoms with Crippen molar-refractivity contribution in [3.8, 4) is 23.0 Å². The van der Waals surface area contributed by atoms with Crippen LogP contribution in [0.5, 0.6) is 23.0 Å². The summed E-state index contributed by atoms with van der Waals surface area (Å²) in [6, 6.07) is 8.22. The molecule has 1 aliphatic heterocycles. The molecule has 0 amide bonds. The fourth-order valence-electron chi connectivity index (χ4n) is 4.64. The number of benzene rings is 2. The smallest absolute Gasteiger partial charge is 0.306 e. The number of hydrogen-bond donors (Lipinski definition) is 3. The minimum absolute atomic E-state index is 0.0464. The van der Waals surface area contributed by atoms with Crippen LogP contribution in [0.2, 0.25) is 0 Å². The highest BCUT2D eigenvalue weighted by Crippen LogP contribution is 2.51. The number of phenolic OH excluding ortho intramolecular Hbond substituents is 2. The molecule has 0 saturated carbocycles. The maximum Gasteiger partial charge on any atom is 0.306 e. The fraction of sp³-hybridized carbons (Fsp3) is 0.296. The number of aromatic hydroxyl groups is 3. The third-order valence-electron chi connectivity index (χ3n) is 6.49. The van der Waals surface area contributed by atoms with E-state index in [0.29, 0.717) is 28.1 Å². The Balaban J connectivity index is 2.01. The SMILES string of the molecule is COC(=O)CC(c1ccccc1OC)c1c(O)c(C(C)=O)cc(C2OCc3cnc(C)c(O)c32)c1O. The lowest BCUT2D eigenvalue weighted by molar-refractivity contribution is -0.140. The summed E-state index contributed by atoms with van der Waals surface area (Å²) in [5.41, 5.74) is 1.99. The first-order valence-electron chi connectivity index (χ1n) is 11.3. The third-order valence-corrected chi connectivity index (χ3v) is 6.49. The summed E-state index contributed by atoms with van der Waals surface area (Å²) >= 11 is 0. The van der Waals surface area contributed by atoms with E-state index in [0.717, 1.165) is 0 Å². The Morgan fingerprint density at radius 2 is 1.86 bits per heavy atom. The van der Waals surface area contributed by atoms with Crippen molar-refractivity contribution in [3.63, 3.8) is 0 Å². The maximum atomic E-state index is 12.6. The number of aromatic nitrogens is 1. The number of ketones is 1. The van der Waals surface area contributed by atoms with Gasteiger partial charge in [-0.25, -0.2) is 0 Å². The molecule has 1 aliphatic rings. The largest absolute Gasteiger partial charge is 0.507 e. The zero-order chi connectivity index (χ0) is 26.1. The summed E-state index contributed by atoms with van der Waals surface area (Å²) in [6.45, 7) is 3.05. The molecular formula is C27H27NO8. The number of rotatable bonds is 7. The average molecular weight is 494 g/mol. The van der Waals surface area contributed by atoms with Crippen LogP contribution in [-0.4, -0.2) is 46.3 Å². The molecule has 2 atom stereocenters.